The van der Waals surface area contributed by atoms with E-state index in [9.17, 15) is 9.50 Å². The quantitative estimate of drug-likeness (QED) is 0.781. The molecule has 1 unspecified atom stereocenters. The largest absolute Gasteiger partial charge is 0.396 e. The number of hydrazine groups is 1. The van der Waals surface area contributed by atoms with Crippen molar-refractivity contribution in [3.05, 3.63) is 35.6 Å². The lowest BCUT2D eigenvalue weighted by Crippen LogP contribution is -2.49. The van der Waals surface area contributed by atoms with Gasteiger partial charge in [0.25, 0.3) is 0 Å². The topological polar surface area (TPSA) is 49.5 Å². The van der Waals surface area contributed by atoms with Crippen molar-refractivity contribution in [1.82, 2.24) is 5.01 Å². The van der Waals surface area contributed by atoms with Gasteiger partial charge in [0.05, 0.1) is 6.61 Å². The summed E-state index contributed by atoms with van der Waals surface area (Å²) >= 11 is 0. The third-order valence-corrected chi connectivity index (χ3v) is 3.55. The molecule has 1 saturated heterocycles. The second-order valence-electron chi connectivity index (χ2n) is 5.00. The maximum absolute atomic E-state index is 13.6. The summed E-state index contributed by atoms with van der Waals surface area (Å²) in [5.41, 5.74) is 0.367. The van der Waals surface area contributed by atoms with Gasteiger partial charge >= 0.3 is 0 Å². The molecule has 0 aromatic heterocycles. The van der Waals surface area contributed by atoms with Crippen LogP contribution in [0.25, 0.3) is 0 Å². The average molecular weight is 238 g/mol. The highest BCUT2D eigenvalue weighted by molar-refractivity contribution is 5.19. The van der Waals surface area contributed by atoms with Gasteiger partial charge in [-0.15, -0.1) is 0 Å². The number of hydrogen-bond donors (Lipinski definition) is 2. The van der Waals surface area contributed by atoms with E-state index in [0.717, 1.165) is 19.4 Å². The van der Waals surface area contributed by atoms with Gasteiger partial charge in [-0.3, -0.25) is 5.84 Å². The lowest BCUT2D eigenvalue weighted by molar-refractivity contribution is 0.0316. The van der Waals surface area contributed by atoms with E-state index in [2.05, 4.69) is 0 Å². The molecule has 3 N–H and O–H groups in total. The first kappa shape index (κ1) is 12.5. The van der Waals surface area contributed by atoms with E-state index >= 15 is 0 Å². The van der Waals surface area contributed by atoms with Gasteiger partial charge in [0.1, 0.15) is 5.82 Å². The van der Waals surface area contributed by atoms with E-state index in [-0.39, 0.29) is 17.8 Å². The summed E-state index contributed by atoms with van der Waals surface area (Å²) in [7, 11) is 0. The van der Waals surface area contributed by atoms with E-state index in [4.69, 9.17) is 5.84 Å². The summed E-state index contributed by atoms with van der Waals surface area (Å²) in [5, 5.41) is 11.3. The average Bonchev–Trinajstić information content (AvgIpc) is 2.32. The fraction of sp³-hybridized carbons (Fsp3) is 0.538. The molecule has 1 aromatic carbocycles. The van der Waals surface area contributed by atoms with Crippen LogP contribution >= 0.6 is 0 Å². The predicted molar refractivity (Wildman–Crippen MR) is 64.6 cm³/mol. The number of rotatable bonds is 3. The Labute approximate surface area is 101 Å². The van der Waals surface area contributed by atoms with Crippen LogP contribution in [0, 0.1) is 11.2 Å². The van der Waals surface area contributed by atoms with Crippen LogP contribution in [-0.4, -0.2) is 29.8 Å². The first-order valence-corrected chi connectivity index (χ1v) is 5.99. The Morgan fingerprint density at radius 2 is 2.18 bits per heavy atom. The lowest BCUT2D eigenvalue weighted by atomic mass is 9.76. The van der Waals surface area contributed by atoms with Gasteiger partial charge in [0.15, 0.2) is 0 Å². The predicted octanol–water partition coefficient (Wildman–Crippen LogP) is 1.32. The van der Waals surface area contributed by atoms with Crippen molar-refractivity contribution >= 4 is 0 Å². The Bertz CT molecular complexity index is 385. The fourth-order valence-electron chi connectivity index (χ4n) is 2.62. The Hall–Kier alpha value is -0.970. The van der Waals surface area contributed by atoms with Gasteiger partial charge < -0.3 is 5.11 Å². The minimum absolute atomic E-state index is 0.0506. The summed E-state index contributed by atoms with van der Waals surface area (Å²) in [6.07, 6.45) is 2.39. The van der Waals surface area contributed by atoms with Crippen molar-refractivity contribution in [1.29, 1.82) is 0 Å². The highest BCUT2D eigenvalue weighted by Crippen LogP contribution is 2.32. The maximum Gasteiger partial charge on any atom is 0.126 e. The van der Waals surface area contributed by atoms with Crippen molar-refractivity contribution in [3.63, 3.8) is 0 Å². The highest BCUT2D eigenvalue weighted by Gasteiger charge is 2.34. The molecule has 1 heterocycles. The number of nitrogens with zero attached hydrogens (tertiary/aromatic N) is 1. The number of piperidine rings is 1. The molecule has 3 nitrogen and oxygen atoms in total. The van der Waals surface area contributed by atoms with E-state index in [1.807, 2.05) is 6.07 Å². The third-order valence-electron chi connectivity index (χ3n) is 3.55. The molecule has 0 spiro atoms. The van der Waals surface area contributed by atoms with Crippen LogP contribution in [0.1, 0.15) is 18.4 Å². The SMILES string of the molecule is NN1CCCC(CO)(Cc2ccccc2F)C1. The number of aliphatic hydroxyl groups excluding tert-OH is 1. The maximum atomic E-state index is 13.6. The minimum atomic E-state index is -0.296. The molecule has 17 heavy (non-hydrogen) atoms. The lowest BCUT2D eigenvalue weighted by Gasteiger charge is -2.40. The van der Waals surface area contributed by atoms with Gasteiger partial charge in [-0.2, -0.15) is 0 Å². The summed E-state index contributed by atoms with van der Waals surface area (Å²) in [6, 6.07) is 6.75. The van der Waals surface area contributed by atoms with Crippen molar-refractivity contribution in [2.24, 2.45) is 11.3 Å². The molecule has 1 fully saturated rings. The minimum Gasteiger partial charge on any atom is -0.396 e. The molecule has 1 aromatic rings. The molecule has 0 amide bonds. The number of benzene rings is 1. The Kier molecular flexibility index (Phi) is 3.76. The third kappa shape index (κ3) is 2.83. The normalized spacial score (nSPS) is 26.1. The molecular weight excluding hydrogens is 219 g/mol. The molecule has 2 rings (SSSR count). The first-order chi connectivity index (χ1) is 8.15. The Morgan fingerprint density at radius 1 is 1.41 bits per heavy atom. The molecule has 4 heteroatoms. The zero-order chi connectivity index (χ0) is 12.3. The summed E-state index contributed by atoms with van der Waals surface area (Å²) in [4.78, 5) is 0. The Balaban J connectivity index is 2.17. The Morgan fingerprint density at radius 3 is 2.82 bits per heavy atom. The first-order valence-electron chi connectivity index (χ1n) is 5.99. The van der Waals surface area contributed by atoms with E-state index in [1.54, 1.807) is 17.1 Å². The highest BCUT2D eigenvalue weighted by atomic mass is 19.1. The smallest absolute Gasteiger partial charge is 0.126 e. The molecule has 0 aliphatic carbocycles. The van der Waals surface area contributed by atoms with Crippen LogP contribution in [0.15, 0.2) is 24.3 Å². The van der Waals surface area contributed by atoms with Crippen LogP contribution in [0.5, 0.6) is 0 Å². The fourth-order valence-corrected chi connectivity index (χ4v) is 2.62. The molecule has 1 aliphatic heterocycles. The van der Waals surface area contributed by atoms with Crippen molar-refractivity contribution in [3.8, 4) is 0 Å². The van der Waals surface area contributed by atoms with Crippen molar-refractivity contribution in [2.45, 2.75) is 19.3 Å². The van der Waals surface area contributed by atoms with Gasteiger partial charge in [-0.25, -0.2) is 9.40 Å². The van der Waals surface area contributed by atoms with Gasteiger partial charge in [-0.05, 0) is 30.9 Å². The molecule has 94 valence electrons. The molecule has 0 saturated carbocycles. The van der Waals surface area contributed by atoms with Crippen LogP contribution in [0.4, 0.5) is 4.39 Å². The van der Waals surface area contributed by atoms with Crippen LogP contribution < -0.4 is 5.84 Å². The van der Waals surface area contributed by atoms with Gasteiger partial charge in [-0.1, -0.05) is 18.2 Å². The molecular formula is C13H19FN2O. The van der Waals surface area contributed by atoms with Gasteiger partial charge in [0.2, 0.25) is 0 Å². The molecule has 0 radical (unpaired) electrons. The summed E-state index contributed by atoms with van der Waals surface area (Å²) < 4.78 is 13.6. The second kappa shape index (κ2) is 5.12. The molecule has 0 bridgehead atoms. The van der Waals surface area contributed by atoms with Crippen molar-refractivity contribution in [2.75, 3.05) is 19.7 Å². The number of halogens is 1. The van der Waals surface area contributed by atoms with Crippen LogP contribution in [0.3, 0.4) is 0 Å². The summed E-state index contributed by atoms with van der Waals surface area (Å²) in [5.74, 6) is 5.61. The van der Waals surface area contributed by atoms with Gasteiger partial charge in [0, 0.05) is 18.5 Å². The van der Waals surface area contributed by atoms with Crippen molar-refractivity contribution < 1.29 is 9.50 Å². The number of nitrogens with two attached hydrogens (primary N) is 1. The molecule has 1 atom stereocenters. The standard InChI is InChI=1S/C13H19FN2O/c14-12-5-2-1-4-11(12)8-13(10-17)6-3-7-16(15)9-13/h1-2,4-5,17H,3,6-10,15H2. The van der Waals surface area contributed by atoms with Crippen LogP contribution in [0.2, 0.25) is 0 Å². The zero-order valence-corrected chi connectivity index (χ0v) is 9.90. The van der Waals surface area contributed by atoms with E-state index in [0.29, 0.717) is 18.5 Å². The number of aliphatic hydroxyl groups is 1. The zero-order valence-electron chi connectivity index (χ0n) is 9.90. The monoisotopic (exact) mass is 238 g/mol. The second-order valence-corrected chi connectivity index (χ2v) is 5.00. The summed E-state index contributed by atoms with van der Waals surface area (Å²) in [6.45, 7) is 1.52. The van der Waals surface area contributed by atoms with E-state index < -0.39 is 0 Å². The van der Waals surface area contributed by atoms with E-state index in [1.165, 1.54) is 6.07 Å². The number of hydrogen-bond acceptors (Lipinski definition) is 3. The van der Waals surface area contributed by atoms with Crippen LogP contribution in [-0.2, 0) is 6.42 Å². The molecule has 1 aliphatic rings.